The van der Waals surface area contributed by atoms with E-state index in [-0.39, 0.29) is 0 Å². The second kappa shape index (κ2) is 6.66. The topological polar surface area (TPSA) is 0 Å². The van der Waals surface area contributed by atoms with Gasteiger partial charge < -0.3 is 0 Å². The highest BCUT2D eigenvalue weighted by Crippen LogP contribution is 2.78. The highest BCUT2D eigenvalue weighted by atomic mass is 14.7. The van der Waals surface area contributed by atoms with Gasteiger partial charge >= 0.3 is 0 Å². The fraction of sp³-hybridized carbons (Fsp3) is 0.935. The summed E-state index contributed by atoms with van der Waals surface area (Å²) in [5.41, 5.74) is 6.22. The molecule has 9 atom stereocenters. The van der Waals surface area contributed by atoms with Crippen LogP contribution in [0, 0.1) is 56.7 Å². The molecule has 0 saturated heterocycles. The second-order valence-corrected chi connectivity index (χ2v) is 15.2. The van der Waals surface area contributed by atoms with Crippen LogP contribution >= 0.6 is 0 Å². The first-order valence-corrected chi connectivity index (χ1v) is 14.0. The Morgan fingerprint density at radius 1 is 0.677 bits per heavy atom. The quantitative estimate of drug-likeness (QED) is 0.340. The molecule has 0 aromatic heterocycles. The Balaban J connectivity index is 1.55. The minimum absolute atomic E-state index is 0.527. The number of rotatable bonds is 0. The second-order valence-electron chi connectivity index (χ2n) is 15.2. The smallest absolute Gasteiger partial charge is 0.0144 e. The van der Waals surface area contributed by atoms with Gasteiger partial charge in [0, 0.05) is 0 Å². The fourth-order valence-electron chi connectivity index (χ4n) is 12.4. The lowest BCUT2D eigenvalue weighted by atomic mass is 9.31. The molecular formula is C31H52. The molecule has 5 aliphatic rings. The van der Waals surface area contributed by atoms with E-state index < -0.39 is 0 Å². The summed E-state index contributed by atoms with van der Waals surface area (Å²) in [4.78, 5) is 0. The van der Waals surface area contributed by atoms with Gasteiger partial charge in [-0.05, 0) is 135 Å². The Hall–Kier alpha value is -0.260. The van der Waals surface area contributed by atoms with Gasteiger partial charge in [-0.1, -0.05) is 59.6 Å². The van der Waals surface area contributed by atoms with E-state index in [0.29, 0.717) is 27.1 Å². The van der Waals surface area contributed by atoms with Crippen molar-refractivity contribution >= 4 is 0 Å². The molecule has 0 aromatic carbocycles. The largest absolute Gasteiger partial charge is 0.0769 e. The molecule has 0 aromatic rings. The maximum atomic E-state index is 2.80. The number of fused-ring (bicyclic) bond motifs is 7. The van der Waals surface area contributed by atoms with Crippen molar-refractivity contribution in [3.05, 3.63) is 11.1 Å². The van der Waals surface area contributed by atoms with Crippen LogP contribution in [0.15, 0.2) is 11.1 Å². The number of allylic oxidation sites excluding steroid dienone is 2. The maximum Gasteiger partial charge on any atom is -0.0144 e. The van der Waals surface area contributed by atoms with Gasteiger partial charge in [0.05, 0.1) is 0 Å². The van der Waals surface area contributed by atoms with Gasteiger partial charge in [-0.15, -0.1) is 0 Å². The third-order valence-corrected chi connectivity index (χ3v) is 13.3. The van der Waals surface area contributed by atoms with Gasteiger partial charge in [0.1, 0.15) is 0 Å². The molecule has 5 aliphatic carbocycles. The van der Waals surface area contributed by atoms with Crippen molar-refractivity contribution in [1.82, 2.24) is 0 Å². The standard InChI is InChI=1S/C31H52/c1-20(2)22-12-15-28(6)23(22)13-16-30(8)25(28)10-11-26-29(7)19-21(3)18-27(4,5)24(29)14-17-31(26,30)9/h21,23-26H,10-19H2,1-9H3/t21?,23-,24-,25+,26+,28-,29-,30+,31+/m0/s1. The normalized spacial score (nSPS) is 55.6. The lowest BCUT2D eigenvalue weighted by molar-refractivity contribution is -0.242. The average molecular weight is 425 g/mol. The molecule has 0 nitrogen and oxygen atoms in total. The summed E-state index contributed by atoms with van der Waals surface area (Å²) >= 11 is 0. The van der Waals surface area contributed by atoms with Crippen molar-refractivity contribution in [1.29, 1.82) is 0 Å². The van der Waals surface area contributed by atoms with Gasteiger partial charge in [-0.3, -0.25) is 0 Å². The SMILES string of the molecule is CC(C)=C1CC[C@]2(C)[C@H]3CC[C@@H]4[C@@]5(C)CC(C)CC(C)(C)[C@@H]5CC[C@@]4(C)[C@]3(C)CC[C@@H]12. The molecule has 1 unspecified atom stereocenters. The molecule has 5 saturated carbocycles. The summed E-state index contributed by atoms with van der Waals surface area (Å²) in [5.74, 6) is 4.59. The lowest BCUT2D eigenvalue weighted by Crippen LogP contribution is -2.66. The molecule has 0 heteroatoms. The van der Waals surface area contributed by atoms with Crippen molar-refractivity contribution in [2.75, 3.05) is 0 Å². The van der Waals surface area contributed by atoms with Gasteiger partial charge in [-0.2, -0.15) is 0 Å². The maximum absolute atomic E-state index is 2.80. The van der Waals surface area contributed by atoms with Crippen molar-refractivity contribution < 1.29 is 0 Å². The first kappa shape index (κ1) is 22.5. The van der Waals surface area contributed by atoms with Crippen LogP contribution in [0.4, 0.5) is 0 Å². The van der Waals surface area contributed by atoms with Crippen LogP contribution in [-0.4, -0.2) is 0 Å². The lowest BCUT2D eigenvalue weighted by Gasteiger charge is -2.73. The van der Waals surface area contributed by atoms with Crippen molar-refractivity contribution in [3.8, 4) is 0 Å². The Bertz CT molecular complexity index is 782. The molecule has 5 fully saturated rings. The van der Waals surface area contributed by atoms with E-state index in [1.165, 1.54) is 64.2 Å². The molecule has 0 N–H and O–H groups in total. The third-order valence-electron chi connectivity index (χ3n) is 13.3. The first-order chi connectivity index (χ1) is 14.3. The molecule has 0 aliphatic heterocycles. The van der Waals surface area contributed by atoms with E-state index in [9.17, 15) is 0 Å². The van der Waals surface area contributed by atoms with Crippen LogP contribution in [-0.2, 0) is 0 Å². The van der Waals surface area contributed by atoms with Gasteiger partial charge in [0.2, 0.25) is 0 Å². The highest BCUT2D eigenvalue weighted by molar-refractivity contribution is 5.27. The summed E-state index contributed by atoms with van der Waals surface area (Å²) in [5, 5.41) is 0. The summed E-state index contributed by atoms with van der Waals surface area (Å²) < 4.78 is 0. The van der Waals surface area contributed by atoms with Crippen molar-refractivity contribution in [2.45, 2.75) is 127 Å². The molecule has 31 heavy (non-hydrogen) atoms. The molecule has 5 rings (SSSR count). The fourth-order valence-corrected chi connectivity index (χ4v) is 12.4. The minimum atomic E-state index is 0.527. The zero-order valence-corrected chi connectivity index (χ0v) is 22.5. The minimum Gasteiger partial charge on any atom is -0.0769 e. The molecule has 0 bridgehead atoms. The Morgan fingerprint density at radius 3 is 1.87 bits per heavy atom. The summed E-state index contributed by atoms with van der Waals surface area (Å²) in [6.07, 6.45) is 14.8. The molecule has 176 valence electrons. The van der Waals surface area contributed by atoms with Crippen LogP contribution in [0.25, 0.3) is 0 Å². The van der Waals surface area contributed by atoms with Crippen LogP contribution < -0.4 is 0 Å². The Morgan fingerprint density at radius 2 is 1.26 bits per heavy atom. The number of hydrogen-bond donors (Lipinski definition) is 0. The predicted octanol–water partition coefficient (Wildman–Crippen LogP) is 9.44. The van der Waals surface area contributed by atoms with E-state index in [1.54, 1.807) is 5.57 Å². The van der Waals surface area contributed by atoms with Crippen LogP contribution in [0.5, 0.6) is 0 Å². The van der Waals surface area contributed by atoms with Crippen LogP contribution in [0.2, 0.25) is 0 Å². The monoisotopic (exact) mass is 424 g/mol. The Kier molecular flexibility index (Phi) is 4.84. The van der Waals surface area contributed by atoms with Crippen LogP contribution in [0.1, 0.15) is 127 Å². The zero-order valence-electron chi connectivity index (χ0n) is 22.5. The predicted molar refractivity (Wildman–Crippen MR) is 134 cm³/mol. The van der Waals surface area contributed by atoms with E-state index in [4.69, 9.17) is 0 Å². The van der Waals surface area contributed by atoms with E-state index in [0.717, 1.165) is 29.6 Å². The Labute approximate surface area is 194 Å². The van der Waals surface area contributed by atoms with Crippen molar-refractivity contribution in [3.63, 3.8) is 0 Å². The van der Waals surface area contributed by atoms with Crippen molar-refractivity contribution in [2.24, 2.45) is 56.7 Å². The molecule has 0 heterocycles. The third kappa shape index (κ3) is 2.72. The first-order valence-electron chi connectivity index (χ1n) is 14.0. The summed E-state index contributed by atoms with van der Waals surface area (Å²) in [6, 6.07) is 0. The van der Waals surface area contributed by atoms with E-state index in [2.05, 4.69) is 62.3 Å². The number of hydrogen-bond acceptors (Lipinski definition) is 0. The van der Waals surface area contributed by atoms with Gasteiger partial charge in [-0.25, -0.2) is 0 Å². The molecule has 0 radical (unpaired) electrons. The molecule has 0 spiro atoms. The van der Waals surface area contributed by atoms with Gasteiger partial charge in [0.25, 0.3) is 0 Å². The van der Waals surface area contributed by atoms with Gasteiger partial charge in [0.15, 0.2) is 0 Å². The van der Waals surface area contributed by atoms with E-state index in [1.807, 2.05) is 5.57 Å². The molecule has 0 amide bonds. The summed E-state index contributed by atoms with van der Waals surface area (Å²) in [6.45, 7) is 23.7. The molecular weight excluding hydrogens is 372 g/mol. The highest BCUT2D eigenvalue weighted by Gasteiger charge is 2.70. The van der Waals surface area contributed by atoms with E-state index >= 15 is 0 Å². The average Bonchev–Trinajstić information content (AvgIpc) is 2.98. The summed E-state index contributed by atoms with van der Waals surface area (Å²) in [7, 11) is 0. The zero-order chi connectivity index (χ0) is 22.6. The van der Waals surface area contributed by atoms with Crippen LogP contribution in [0.3, 0.4) is 0 Å².